The second-order valence-electron chi connectivity index (χ2n) is 8.53. The number of phenols is 1. The predicted molar refractivity (Wildman–Crippen MR) is 139 cm³/mol. The highest BCUT2D eigenvalue weighted by Crippen LogP contribution is 2.35. The van der Waals surface area contributed by atoms with E-state index in [0.29, 0.717) is 5.75 Å². The normalized spacial score (nSPS) is 11.5. The van der Waals surface area contributed by atoms with E-state index in [9.17, 15) is 23.1 Å². The van der Waals surface area contributed by atoms with Crippen LogP contribution in [0.4, 0.5) is 11.4 Å². The van der Waals surface area contributed by atoms with Gasteiger partial charge in [0.25, 0.3) is 0 Å². The number of amides is 1. The first kappa shape index (κ1) is 27.8. The van der Waals surface area contributed by atoms with Gasteiger partial charge >= 0.3 is 5.97 Å². The number of nitrogens with two attached hydrogens (primary N) is 1. The molecule has 0 aliphatic heterocycles. The van der Waals surface area contributed by atoms with Crippen LogP contribution in [-0.4, -0.2) is 36.9 Å². The Balaban J connectivity index is 1.68. The number of carbonyl (C=O) groups excluding carboxylic acids is 2. The summed E-state index contributed by atoms with van der Waals surface area (Å²) >= 11 is 6.29. The molecule has 3 aromatic rings. The molecule has 0 saturated heterocycles. The van der Waals surface area contributed by atoms with Gasteiger partial charge < -0.3 is 25.3 Å². The zero-order valence-corrected chi connectivity index (χ0v) is 21.8. The minimum Gasteiger partial charge on any atom is -0.506 e. The summed E-state index contributed by atoms with van der Waals surface area (Å²) in [6, 6.07) is 14.9. The molecule has 0 saturated carbocycles. The van der Waals surface area contributed by atoms with Crippen molar-refractivity contribution in [3.63, 3.8) is 0 Å². The summed E-state index contributed by atoms with van der Waals surface area (Å²) in [7, 11) is -4.04. The lowest BCUT2D eigenvalue weighted by molar-refractivity contribution is -0.117. The van der Waals surface area contributed by atoms with E-state index < -0.39 is 26.5 Å². The third-order valence-corrected chi connectivity index (χ3v) is 8.27. The summed E-state index contributed by atoms with van der Waals surface area (Å²) < 4.78 is 30.0. The molecule has 0 bridgehead atoms. The lowest BCUT2D eigenvalue weighted by Gasteiger charge is -2.24. The zero-order valence-electron chi connectivity index (χ0n) is 20.2. The van der Waals surface area contributed by atoms with Gasteiger partial charge in [-0.05, 0) is 68.8 Å². The van der Waals surface area contributed by atoms with Crippen LogP contribution in [0.3, 0.4) is 0 Å². The third kappa shape index (κ3) is 6.13. The fourth-order valence-electron chi connectivity index (χ4n) is 3.22. The second-order valence-corrected chi connectivity index (χ2v) is 11.4. The largest absolute Gasteiger partial charge is 0.506 e. The number of benzene rings is 3. The lowest BCUT2D eigenvalue weighted by Crippen LogP contribution is -2.44. The van der Waals surface area contributed by atoms with Gasteiger partial charge in [0.1, 0.15) is 16.2 Å². The van der Waals surface area contributed by atoms with E-state index in [1.165, 1.54) is 62.4 Å². The first-order valence-electron chi connectivity index (χ1n) is 10.9. The number of carbonyl (C=O) groups is 2. The molecule has 0 atom stereocenters. The fraction of sp³-hybridized carbons (Fsp3) is 0.200. The number of hydrogen-bond donors (Lipinski definition) is 4. The van der Waals surface area contributed by atoms with Crippen molar-refractivity contribution in [3.8, 4) is 11.5 Å². The highest BCUT2D eigenvalue weighted by molar-refractivity contribution is 7.93. The number of anilines is 2. The van der Waals surface area contributed by atoms with Crippen molar-refractivity contribution >= 4 is 44.7 Å². The maximum Gasteiger partial charge on any atom is 0.356 e. The molecular weight excluding hydrogens is 522 g/mol. The molecule has 12 heteroatoms. The third-order valence-electron chi connectivity index (χ3n) is 5.55. The Bertz CT molecular complexity index is 1420. The SMILES string of the molecule is Cc1cccc(S(=O)(=O)C(C)(C)C(=O)Nc2cc(O)c(NCOc3ccc(C(=O)ON)cc3)cc2Cl)c1. The number of aryl methyl sites for hydroxylation is 1. The van der Waals surface area contributed by atoms with Crippen LogP contribution >= 0.6 is 11.6 Å². The number of rotatable bonds is 9. The summed E-state index contributed by atoms with van der Waals surface area (Å²) in [5, 5.41) is 15.8. The molecule has 0 fully saturated rings. The van der Waals surface area contributed by atoms with Crippen LogP contribution in [0.5, 0.6) is 11.5 Å². The number of halogens is 1. The van der Waals surface area contributed by atoms with Gasteiger partial charge in [-0.2, -0.15) is 5.90 Å². The minimum atomic E-state index is -4.04. The Morgan fingerprint density at radius 1 is 1.05 bits per heavy atom. The van der Waals surface area contributed by atoms with E-state index in [2.05, 4.69) is 15.5 Å². The molecule has 3 rings (SSSR count). The van der Waals surface area contributed by atoms with E-state index in [4.69, 9.17) is 22.2 Å². The summed E-state index contributed by atoms with van der Waals surface area (Å²) in [5.74, 6) is 3.50. The number of hydrogen-bond acceptors (Lipinski definition) is 9. The van der Waals surface area contributed by atoms with Crippen molar-refractivity contribution in [2.24, 2.45) is 5.90 Å². The monoisotopic (exact) mass is 547 g/mol. The zero-order chi connectivity index (χ0) is 27.4. The Kier molecular flexibility index (Phi) is 8.32. The highest BCUT2D eigenvalue weighted by atomic mass is 35.5. The summed E-state index contributed by atoms with van der Waals surface area (Å²) in [5.41, 5.74) is 1.23. The van der Waals surface area contributed by atoms with Gasteiger partial charge in [0.05, 0.1) is 26.9 Å². The molecule has 0 spiro atoms. The Labute approximate surface area is 219 Å². The smallest absolute Gasteiger partial charge is 0.356 e. The topological polar surface area (TPSA) is 157 Å². The fourth-order valence-corrected chi connectivity index (χ4v) is 4.92. The van der Waals surface area contributed by atoms with Gasteiger partial charge in [-0.3, -0.25) is 4.79 Å². The van der Waals surface area contributed by atoms with Crippen molar-refractivity contribution in [2.75, 3.05) is 17.4 Å². The minimum absolute atomic E-state index is 0.0232. The maximum absolute atomic E-state index is 13.2. The van der Waals surface area contributed by atoms with Crippen LogP contribution in [0.15, 0.2) is 65.6 Å². The molecule has 0 aliphatic rings. The van der Waals surface area contributed by atoms with Crippen LogP contribution in [0.1, 0.15) is 29.8 Å². The van der Waals surface area contributed by atoms with E-state index in [0.717, 1.165) is 5.56 Å². The van der Waals surface area contributed by atoms with E-state index in [1.54, 1.807) is 19.1 Å². The van der Waals surface area contributed by atoms with Crippen molar-refractivity contribution in [2.45, 2.75) is 30.4 Å². The molecule has 0 heterocycles. The van der Waals surface area contributed by atoms with Crippen molar-refractivity contribution in [3.05, 3.63) is 76.8 Å². The van der Waals surface area contributed by atoms with Gasteiger partial charge in [-0.1, -0.05) is 23.7 Å². The Morgan fingerprint density at radius 3 is 2.35 bits per heavy atom. The number of nitrogens with one attached hydrogen (secondary N) is 2. The standard InChI is InChI=1S/C25H26ClN3O7S/c1-15-5-4-6-18(11-15)37(33,34)25(2,3)24(32)29-20-13-22(30)21(12-19(20)26)28-14-35-17-9-7-16(8-10-17)23(31)36-27/h4-13,28,30H,14,27H2,1-3H3,(H,29,32). The van der Waals surface area contributed by atoms with Gasteiger partial charge in [0.15, 0.2) is 16.6 Å². The second kappa shape index (κ2) is 11.1. The van der Waals surface area contributed by atoms with Crippen molar-refractivity contribution < 1.29 is 32.7 Å². The van der Waals surface area contributed by atoms with Crippen molar-refractivity contribution in [1.82, 2.24) is 0 Å². The maximum atomic E-state index is 13.2. The average Bonchev–Trinajstić information content (AvgIpc) is 2.86. The van der Waals surface area contributed by atoms with Gasteiger partial charge in [-0.25, -0.2) is 13.2 Å². The van der Waals surface area contributed by atoms with Crippen LogP contribution in [0, 0.1) is 6.92 Å². The highest BCUT2D eigenvalue weighted by Gasteiger charge is 2.43. The number of aromatic hydroxyl groups is 1. The van der Waals surface area contributed by atoms with Crippen LogP contribution < -0.4 is 21.3 Å². The molecule has 1 amide bonds. The quantitative estimate of drug-likeness (QED) is 0.176. The van der Waals surface area contributed by atoms with Gasteiger partial charge in [0, 0.05) is 6.07 Å². The van der Waals surface area contributed by atoms with Crippen molar-refractivity contribution in [1.29, 1.82) is 0 Å². The molecule has 5 N–H and O–H groups in total. The molecule has 0 unspecified atom stereocenters. The van der Waals surface area contributed by atoms with E-state index in [1.807, 2.05) is 0 Å². The predicted octanol–water partition coefficient (Wildman–Crippen LogP) is 4.02. The Morgan fingerprint density at radius 2 is 1.73 bits per heavy atom. The number of phenolic OH excluding ortho intramolecular Hbond substituents is 1. The molecule has 196 valence electrons. The summed E-state index contributed by atoms with van der Waals surface area (Å²) in [6.07, 6.45) is 0. The van der Waals surface area contributed by atoms with E-state index in [-0.39, 0.29) is 39.3 Å². The molecule has 37 heavy (non-hydrogen) atoms. The molecule has 0 aliphatic carbocycles. The molecule has 3 aromatic carbocycles. The lowest BCUT2D eigenvalue weighted by atomic mass is 10.1. The first-order chi connectivity index (χ1) is 17.4. The van der Waals surface area contributed by atoms with Crippen LogP contribution in [0.2, 0.25) is 5.02 Å². The molecule has 0 aromatic heterocycles. The Hall–Kier alpha value is -3.80. The van der Waals surface area contributed by atoms with Crippen LogP contribution in [0.25, 0.3) is 0 Å². The average molecular weight is 548 g/mol. The summed E-state index contributed by atoms with van der Waals surface area (Å²) in [6.45, 7) is 4.28. The van der Waals surface area contributed by atoms with Gasteiger partial charge in [-0.15, -0.1) is 0 Å². The molecule has 0 radical (unpaired) electrons. The van der Waals surface area contributed by atoms with E-state index >= 15 is 0 Å². The van der Waals surface area contributed by atoms with Crippen LogP contribution in [-0.2, 0) is 19.5 Å². The first-order valence-corrected chi connectivity index (χ1v) is 12.8. The molecular formula is C25H26ClN3O7S. The number of ether oxygens (including phenoxy) is 1. The summed E-state index contributed by atoms with van der Waals surface area (Å²) in [4.78, 5) is 28.5. The van der Waals surface area contributed by atoms with Gasteiger partial charge in [0.2, 0.25) is 5.91 Å². The molecule has 10 nitrogen and oxygen atoms in total. The number of sulfone groups is 1.